The van der Waals surface area contributed by atoms with E-state index in [0.29, 0.717) is 11.2 Å². The molecule has 0 radical (unpaired) electrons. The average molecular weight is 282 g/mol. The third kappa shape index (κ3) is 2.55. The minimum absolute atomic E-state index is 0.105. The molecule has 3 aromatic rings. The van der Waals surface area contributed by atoms with Crippen molar-refractivity contribution in [3.8, 4) is 11.1 Å². The molecule has 6 nitrogen and oxygen atoms in total. The van der Waals surface area contributed by atoms with Gasteiger partial charge in [0.15, 0.2) is 5.65 Å². The first kappa shape index (κ1) is 13.1. The lowest BCUT2D eigenvalue weighted by atomic mass is 10.0. The summed E-state index contributed by atoms with van der Waals surface area (Å²) < 4.78 is 0. The first-order valence-electron chi connectivity index (χ1n) is 6.50. The van der Waals surface area contributed by atoms with Crippen molar-refractivity contribution in [1.82, 2.24) is 15.0 Å². The number of anilines is 1. The smallest absolute Gasteiger partial charge is 0.325 e. The summed E-state index contributed by atoms with van der Waals surface area (Å²) in [7, 11) is 0. The molecule has 0 spiro atoms. The van der Waals surface area contributed by atoms with Crippen molar-refractivity contribution in [1.29, 1.82) is 0 Å². The van der Waals surface area contributed by atoms with Crippen LogP contribution in [0.15, 0.2) is 35.1 Å². The Kier molecular flexibility index (Phi) is 3.06. The fourth-order valence-electron chi connectivity index (χ4n) is 2.29. The molecule has 106 valence electrons. The highest BCUT2D eigenvalue weighted by molar-refractivity contribution is 5.89. The maximum atomic E-state index is 11.3. The number of aromatic amines is 2. The lowest BCUT2D eigenvalue weighted by Crippen LogP contribution is -2.05. The molecule has 2 aromatic heterocycles. The molecular formula is C15H14N4O2. The zero-order chi connectivity index (χ0) is 15.0. The van der Waals surface area contributed by atoms with Gasteiger partial charge in [-0.15, -0.1) is 0 Å². The summed E-state index contributed by atoms with van der Waals surface area (Å²) in [6.07, 6.45) is 0. The molecule has 0 aliphatic rings. The Morgan fingerprint density at radius 1 is 1.19 bits per heavy atom. The number of aryl methyl sites for hydroxylation is 1. The van der Waals surface area contributed by atoms with Gasteiger partial charge >= 0.3 is 5.69 Å². The van der Waals surface area contributed by atoms with E-state index in [1.54, 1.807) is 0 Å². The summed E-state index contributed by atoms with van der Waals surface area (Å²) in [4.78, 5) is 32.0. The van der Waals surface area contributed by atoms with Crippen molar-refractivity contribution in [2.45, 2.75) is 13.8 Å². The zero-order valence-corrected chi connectivity index (χ0v) is 11.7. The number of hydrogen-bond donors (Lipinski definition) is 3. The van der Waals surface area contributed by atoms with E-state index in [2.05, 4.69) is 20.3 Å². The Morgan fingerprint density at radius 3 is 2.57 bits per heavy atom. The number of pyridine rings is 1. The summed E-state index contributed by atoms with van der Waals surface area (Å²) in [5.41, 5.74) is 4.43. The van der Waals surface area contributed by atoms with Gasteiger partial charge in [0, 0.05) is 23.9 Å². The molecule has 1 amide bonds. The standard InChI is InChI=1S/C15H14N4O2/c1-8-12(7-13-14(16-8)19-15(21)18-13)10-3-5-11(6-4-10)17-9(2)20/h3-7H,1-2H3,(H,17,20)(H2,16,18,19,21). The summed E-state index contributed by atoms with van der Waals surface area (Å²) in [6, 6.07) is 9.38. The first-order valence-corrected chi connectivity index (χ1v) is 6.50. The molecular weight excluding hydrogens is 268 g/mol. The molecule has 2 heterocycles. The Balaban J connectivity index is 2.04. The lowest BCUT2D eigenvalue weighted by Gasteiger charge is -2.07. The number of nitrogens with zero attached hydrogens (tertiary/aromatic N) is 1. The van der Waals surface area contributed by atoms with Crippen LogP contribution in [0.3, 0.4) is 0 Å². The summed E-state index contributed by atoms with van der Waals surface area (Å²) in [6.45, 7) is 3.36. The van der Waals surface area contributed by atoms with E-state index in [-0.39, 0.29) is 11.6 Å². The van der Waals surface area contributed by atoms with Crippen LogP contribution in [-0.2, 0) is 4.79 Å². The van der Waals surface area contributed by atoms with Gasteiger partial charge in [0.05, 0.1) is 5.52 Å². The Bertz CT molecular complexity index is 875. The Labute approximate surface area is 120 Å². The number of H-pyrrole nitrogens is 2. The number of fused-ring (bicyclic) bond motifs is 1. The largest absolute Gasteiger partial charge is 0.326 e. The van der Waals surface area contributed by atoms with Crippen LogP contribution in [0, 0.1) is 6.92 Å². The average Bonchev–Trinajstić information content (AvgIpc) is 2.77. The van der Waals surface area contributed by atoms with Crippen LogP contribution in [0.5, 0.6) is 0 Å². The van der Waals surface area contributed by atoms with Crippen molar-refractivity contribution >= 4 is 22.8 Å². The zero-order valence-electron chi connectivity index (χ0n) is 11.7. The molecule has 3 N–H and O–H groups in total. The van der Waals surface area contributed by atoms with Crippen LogP contribution in [0.25, 0.3) is 22.3 Å². The number of amides is 1. The second kappa shape index (κ2) is 4.90. The predicted octanol–water partition coefficient (Wildman–Crippen LogP) is 2.19. The fraction of sp³-hybridized carbons (Fsp3) is 0.133. The maximum Gasteiger partial charge on any atom is 0.325 e. The van der Waals surface area contributed by atoms with E-state index in [1.165, 1.54) is 6.92 Å². The van der Waals surface area contributed by atoms with Crippen LogP contribution in [0.2, 0.25) is 0 Å². The molecule has 0 atom stereocenters. The van der Waals surface area contributed by atoms with Crippen LogP contribution >= 0.6 is 0 Å². The van der Waals surface area contributed by atoms with E-state index < -0.39 is 0 Å². The number of benzene rings is 1. The van der Waals surface area contributed by atoms with Crippen LogP contribution in [-0.4, -0.2) is 20.9 Å². The third-order valence-corrected chi connectivity index (χ3v) is 3.21. The van der Waals surface area contributed by atoms with Gasteiger partial charge in [0.1, 0.15) is 0 Å². The number of hydrogen-bond acceptors (Lipinski definition) is 3. The highest BCUT2D eigenvalue weighted by Crippen LogP contribution is 2.25. The summed E-state index contributed by atoms with van der Waals surface area (Å²) in [5.74, 6) is -0.105. The Morgan fingerprint density at radius 2 is 1.90 bits per heavy atom. The van der Waals surface area contributed by atoms with E-state index in [9.17, 15) is 9.59 Å². The molecule has 0 bridgehead atoms. The molecule has 0 aliphatic carbocycles. The quantitative estimate of drug-likeness (QED) is 0.673. The van der Waals surface area contributed by atoms with Crippen molar-refractivity contribution in [3.05, 3.63) is 46.5 Å². The first-order chi connectivity index (χ1) is 10.0. The molecule has 6 heteroatoms. The van der Waals surface area contributed by atoms with E-state index in [0.717, 1.165) is 22.5 Å². The van der Waals surface area contributed by atoms with E-state index in [4.69, 9.17) is 0 Å². The second-order valence-electron chi connectivity index (χ2n) is 4.86. The number of carbonyl (C=O) groups excluding carboxylic acids is 1. The number of nitrogens with one attached hydrogen (secondary N) is 3. The molecule has 0 fully saturated rings. The molecule has 0 aliphatic heterocycles. The van der Waals surface area contributed by atoms with Crippen molar-refractivity contribution in [3.63, 3.8) is 0 Å². The van der Waals surface area contributed by atoms with Gasteiger partial charge in [-0.05, 0) is 30.7 Å². The third-order valence-electron chi connectivity index (χ3n) is 3.21. The predicted molar refractivity (Wildman–Crippen MR) is 81.2 cm³/mol. The van der Waals surface area contributed by atoms with Gasteiger partial charge in [0.25, 0.3) is 0 Å². The molecule has 0 saturated carbocycles. The van der Waals surface area contributed by atoms with Crippen LogP contribution < -0.4 is 11.0 Å². The SMILES string of the molecule is CC(=O)Nc1ccc(-c2cc3[nH]c(=O)[nH]c3nc2C)cc1. The summed E-state index contributed by atoms with van der Waals surface area (Å²) in [5, 5.41) is 2.72. The molecule has 0 unspecified atom stereocenters. The monoisotopic (exact) mass is 282 g/mol. The maximum absolute atomic E-state index is 11.3. The van der Waals surface area contributed by atoms with Gasteiger partial charge in [-0.2, -0.15) is 0 Å². The molecule has 1 aromatic carbocycles. The van der Waals surface area contributed by atoms with Gasteiger partial charge in [-0.1, -0.05) is 12.1 Å². The fourth-order valence-corrected chi connectivity index (χ4v) is 2.29. The van der Waals surface area contributed by atoms with Crippen molar-refractivity contribution in [2.75, 3.05) is 5.32 Å². The summed E-state index contributed by atoms with van der Waals surface area (Å²) >= 11 is 0. The van der Waals surface area contributed by atoms with Gasteiger partial charge in [-0.3, -0.25) is 9.78 Å². The number of imidazole rings is 1. The topological polar surface area (TPSA) is 90.6 Å². The van der Waals surface area contributed by atoms with Crippen molar-refractivity contribution < 1.29 is 4.79 Å². The van der Waals surface area contributed by atoms with Crippen molar-refractivity contribution in [2.24, 2.45) is 0 Å². The normalized spacial score (nSPS) is 10.8. The molecule has 21 heavy (non-hydrogen) atoms. The van der Waals surface area contributed by atoms with Crippen LogP contribution in [0.4, 0.5) is 5.69 Å². The highest BCUT2D eigenvalue weighted by atomic mass is 16.1. The Hall–Kier alpha value is -2.89. The van der Waals surface area contributed by atoms with Gasteiger partial charge < -0.3 is 10.3 Å². The van der Waals surface area contributed by atoms with Crippen LogP contribution in [0.1, 0.15) is 12.6 Å². The minimum atomic E-state index is -0.268. The number of carbonyl (C=O) groups is 1. The van der Waals surface area contributed by atoms with Gasteiger partial charge in [0.2, 0.25) is 5.91 Å². The minimum Gasteiger partial charge on any atom is -0.326 e. The second-order valence-corrected chi connectivity index (χ2v) is 4.86. The number of aromatic nitrogens is 3. The number of rotatable bonds is 2. The van der Waals surface area contributed by atoms with E-state index in [1.807, 2.05) is 37.3 Å². The molecule has 0 saturated heterocycles. The van der Waals surface area contributed by atoms with Gasteiger partial charge in [-0.25, -0.2) is 9.78 Å². The highest BCUT2D eigenvalue weighted by Gasteiger charge is 2.08. The lowest BCUT2D eigenvalue weighted by molar-refractivity contribution is -0.114. The molecule has 3 rings (SSSR count). The van der Waals surface area contributed by atoms with E-state index >= 15 is 0 Å².